The lowest BCUT2D eigenvalue weighted by Gasteiger charge is -2.07. The predicted octanol–water partition coefficient (Wildman–Crippen LogP) is 3.53. The maximum Gasteiger partial charge on any atom is 0.277 e. The lowest BCUT2D eigenvalue weighted by molar-refractivity contribution is -0.113. The van der Waals surface area contributed by atoms with Crippen LogP contribution in [0.4, 0.5) is 5.69 Å². The first-order chi connectivity index (χ1) is 13.1. The van der Waals surface area contributed by atoms with Gasteiger partial charge in [0.05, 0.1) is 31.2 Å². The minimum atomic E-state index is -0.267. The second kappa shape index (κ2) is 8.74. The van der Waals surface area contributed by atoms with Crippen LogP contribution >= 0.6 is 23.4 Å². The van der Waals surface area contributed by atoms with E-state index in [1.54, 1.807) is 43.6 Å². The molecule has 1 aromatic carbocycles. The first-order valence-electron chi connectivity index (χ1n) is 7.69. The molecule has 0 fully saturated rings. The monoisotopic (exact) mass is 406 g/mol. The molecule has 0 spiro atoms. The Morgan fingerprint density at radius 3 is 2.85 bits per heavy atom. The van der Waals surface area contributed by atoms with Crippen molar-refractivity contribution < 1.29 is 18.7 Å². The standard InChI is InChI=1S/C17H15ClN4O4S/c1-24-10-5-6-11(13(8-10)25-2)16-21-22-17(26-16)27-9-14(23)20-12-4-3-7-19-15(12)18/h3-8H,9H2,1-2H3,(H,20,23). The molecule has 0 aliphatic heterocycles. The van der Waals surface area contributed by atoms with Crippen LogP contribution in [-0.4, -0.2) is 41.1 Å². The van der Waals surface area contributed by atoms with Gasteiger partial charge in [-0.1, -0.05) is 23.4 Å². The van der Waals surface area contributed by atoms with Gasteiger partial charge in [0, 0.05) is 12.3 Å². The maximum absolute atomic E-state index is 12.0. The van der Waals surface area contributed by atoms with Gasteiger partial charge in [-0.2, -0.15) is 0 Å². The number of hydrogen-bond acceptors (Lipinski definition) is 8. The van der Waals surface area contributed by atoms with E-state index in [1.165, 1.54) is 7.11 Å². The molecule has 140 valence electrons. The van der Waals surface area contributed by atoms with Crippen LogP contribution in [0.2, 0.25) is 5.15 Å². The number of nitrogens with one attached hydrogen (secondary N) is 1. The van der Waals surface area contributed by atoms with E-state index in [4.69, 9.17) is 25.5 Å². The molecule has 27 heavy (non-hydrogen) atoms. The van der Waals surface area contributed by atoms with Crippen molar-refractivity contribution >= 4 is 35.0 Å². The Labute approximate surface area is 164 Å². The van der Waals surface area contributed by atoms with Crippen LogP contribution in [0.15, 0.2) is 46.2 Å². The van der Waals surface area contributed by atoms with Gasteiger partial charge in [-0.3, -0.25) is 4.79 Å². The maximum atomic E-state index is 12.0. The van der Waals surface area contributed by atoms with Gasteiger partial charge < -0.3 is 19.2 Å². The second-order valence-electron chi connectivity index (χ2n) is 5.12. The highest BCUT2D eigenvalue weighted by atomic mass is 35.5. The lowest BCUT2D eigenvalue weighted by Crippen LogP contribution is -2.14. The normalized spacial score (nSPS) is 10.5. The Hall–Kier alpha value is -2.78. The van der Waals surface area contributed by atoms with Gasteiger partial charge in [-0.05, 0) is 24.3 Å². The molecule has 2 heterocycles. The molecule has 1 amide bonds. The summed E-state index contributed by atoms with van der Waals surface area (Å²) in [5.74, 6) is 1.28. The van der Waals surface area contributed by atoms with Gasteiger partial charge in [0.1, 0.15) is 11.5 Å². The predicted molar refractivity (Wildman–Crippen MR) is 101 cm³/mol. The third-order valence-corrected chi connectivity index (χ3v) is 4.53. The molecule has 8 nitrogen and oxygen atoms in total. The summed E-state index contributed by atoms with van der Waals surface area (Å²) in [6.45, 7) is 0. The fraction of sp³-hybridized carbons (Fsp3) is 0.176. The largest absolute Gasteiger partial charge is 0.497 e. The highest BCUT2D eigenvalue weighted by molar-refractivity contribution is 7.99. The van der Waals surface area contributed by atoms with E-state index in [1.807, 2.05) is 0 Å². The van der Waals surface area contributed by atoms with Gasteiger partial charge in [0.2, 0.25) is 5.91 Å². The number of aromatic nitrogens is 3. The topological polar surface area (TPSA) is 99.4 Å². The van der Waals surface area contributed by atoms with Crippen LogP contribution < -0.4 is 14.8 Å². The molecule has 0 saturated heterocycles. The summed E-state index contributed by atoms with van der Waals surface area (Å²) in [6.07, 6.45) is 1.54. The van der Waals surface area contributed by atoms with Crippen molar-refractivity contribution in [1.82, 2.24) is 15.2 Å². The number of ether oxygens (including phenoxy) is 2. The molecule has 3 aromatic rings. The Bertz CT molecular complexity index is 950. The molecule has 0 atom stereocenters. The zero-order valence-corrected chi connectivity index (χ0v) is 16.0. The number of carbonyl (C=O) groups excluding carboxylic acids is 1. The second-order valence-corrected chi connectivity index (χ2v) is 6.40. The van der Waals surface area contributed by atoms with Crippen molar-refractivity contribution in [3.8, 4) is 23.0 Å². The van der Waals surface area contributed by atoms with Gasteiger partial charge in [0.25, 0.3) is 11.1 Å². The molecule has 2 aromatic heterocycles. The minimum Gasteiger partial charge on any atom is -0.497 e. The van der Waals surface area contributed by atoms with Crippen LogP contribution in [-0.2, 0) is 4.79 Å². The summed E-state index contributed by atoms with van der Waals surface area (Å²) in [4.78, 5) is 15.9. The number of thioether (sulfide) groups is 1. The highest BCUT2D eigenvalue weighted by Crippen LogP contribution is 2.33. The number of anilines is 1. The molecule has 3 rings (SSSR count). The van der Waals surface area contributed by atoms with E-state index in [0.717, 1.165) is 11.8 Å². The Kier molecular flexibility index (Phi) is 6.15. The number of rotatable bonds is 7. The van der Waals surface area contributed by atoms with Crippen molar-refractivity contribution in [1.29, 1.82) is 0 Å². The molecule has 0 aliphatic carbocycles. The third kappa shape index (κ3) is 4.69. The van der Waals surface area contributed by atoms with E-state index in [2.05, 4.69) is 20.5 Å². The van der Waals surface area contributed by atoms with Gasteiger partial charge in [0.15, 0.2) is 5.15 Å². The number of pyridine rings is 1. The molecular formula is C17H15ClN4O4S. The fourth-order valence-electron chi connectivity index (χ4n) is 2.14. The number of benzene rings is 1. The number of carbonyl (C=O) groups is 1. The summed E-state index contributed by atoms with van der Waals surface area (Å²) in [7, 11) is 3.11. The summed E-state index contributed by atoms with van der Waals surface area (Å²) >= 11 is 7.02. The number of hydrogen-bond donors (Lipinski definition) is 1. The van der Waals surface area contributed by atoms with Crippen LogP contribution in [0.25, 0.3) is 11.5 Å². The van der Waals surface area contributed by atoms with E-state index in [-0.39, 0.29) is 27.9 Å². The Morgan fingerprint density at radius 2 is 2.11 bits per heavy atom. The highest BCUT2D eigenvalue weighted by Gasteiger charge is 2.16. The zero-order valence-electron chi connectivity index (χ0n) is 14.4. The molecule has 0 bridgehead atoms. The van der Waals surface area contributed by atoms with Gasteiger partial charge in [-0.25, -0.2) is 4.98 Å². The Morgan fingerprint density at radius 1 is 1.26 bits per heavy atom. The summed E-state index contributed by atoms with van der Waals surface area (Å²) in [5, 5.41) is 11.1. The van der Waals surface area contributed by atoms with Gasteiger partial charge >= 0.3 is 0 Å². The molecule has 0 saturated carbocycles. The van der Waals surface area contributed by atoms with Crippen molar-refractivity contribution in [2.75, 3.05) is 25.3 Å². The Balaban J connectivity index is 1.65. The summed E-state index contributed by atoms with van der Waals surface area (Å²) < 4.78 is 16.1. The van der Waals surface area contributed by atoms with Crippen LogP contribution in [0.5, 0.6) is 11.5 Å². The quantitative estimate of drug-likeness (QED) is 0.470. The van der Waals surface area contributed by atoms with Crippen LogP contribution in [0, 0.1) is 0 Å². The van der Waals surface area contributed by atoms with E-state index in [0.29, 0.717) is 22.7 Å². The van der Waals surface area contributed by atoms with Crippen LogP contribution in [0.1, 0.15) is 0 Å². The summed E-state index contributed by atoms with van der Waals surface area (Å²) in [5.41, 5.74) is 1.07. The SMILES string of the molecule is COc1ccc(-c2nnc(SCC(=O)Nc3cccnc3Cl)o2)c(OC)c1. The third-order valence-electron chi connectivity index (χ3n) is 3.41. The molecular weight excluding hydrogens is 392 g/mol. The molecule has 0 radical (unpaired) electrons. The molecule has 0 unspecified atom stereocenters. The smallest absolute Gasteiger partial charge is 0.277 e. The number of nitrogens with zero attached hydrogens (tertiary/aromatic N) is 3. The first kappa shape index (κ1) is 19.0. The van der Waals surface area contributed by atoms with Crippen molar-refractivity contribution in [2.45, 2.75) is 5.22 Å². The van der Waals surface area contributed by atoms with E-state index in [9.17, 15) is 4.79 Å². The average molecular weight is 407 g/mol. The van der Waals surface area contributed by atoms with Crippen molar-refractivity contribution in [3.05, 3.63) is 41.7 Å². The van der Waals surface area contributed by atoms with Crippen molar-refractivity contribution in [3.63, 3.8) is 0 Å². The van der Waals surface area contributed by atoms with E-state index >= 15 is 0 Å². The lowest BCUT2D eigenvalue weighted by atomic mass is 10.2. The fourth-order valence-corrected chi connectivity index (χ4v) is 2.87. The number of amides is 1. The number of methoxy groups -OCH3 is 2. The van der Waals surface area contributed by atoms with Crippen LogP contribution in [0.3, 0.4) is 0 Å². The molecule has 1 N–H and O–H groups in total. The molecule has 10 heteroatoms. The van der Waals surface area contributed by atoms with E-state index < -0.39 is 0 Å². The minimum absolute atomic E-state index is 0.0760. The molecule has 0 aliphatic rings. The van der Waals surface area contributed by atoms with Crippen molar-refractivity contribution in [2.24, 2.45) is 0 Å². The average Bonchev–Trinajstić information content (AvgIpc) is 3.16. The number of halogens is 1. The first-order valence-corrected chi connectivity index (χ1v) is 9.06. The summed E-state index contributed by atoms with van der Waals surface area (Å²) in [6, 6.07) is 8.59. The zero-order chi connectivity index (χ0) is 19.2. The van der Waals surface area contributed by atoms with Gasteiger partial charge in [-0.15, -0.1) is 10.2 Å².